The largest absolute Gasteiger partial charge is 0.394 e. The molecule has 2 aromatic rings. The second-order valence-corrected chi connectivity index (χ2v) is 16.5. The number of hydrogen-bond donors (Lipinski definition) is 3. The minimum Gasteiger partial charge on any atom is -0.394 e. The molecular formula is C27H38N4O2Si. The number of nitrogens with two attached hydrogens (primary N) is 1. The molecule has 2 aliphatic rings. The molecule has 2 fully saturated rings. The number of hydrogen-bond acceptors (Lipinski definition) is 4. The lowest BCUT2D eigenvalue weighted by Gasteiger charge is -2.19. The van der Waals surface area contributed by atoms with Gasteiger partial charge in [0, 0.05) is 25.9 Å². The third-order valence-corrected chi connectivity index (χ3v) is 8.37. The average molecular weight is 479 g/mol. The monoisotopic (exact) mass is 478 g/mol. The van der Waals surface area contributed by atoms with Crippen LogP contribution in [-0.4, -0.2) is 30.8 Å². The van der Waals surface area contributed by atoms with Crippen molar-refractivity contribution in [3.05, 3.63) is 53.5 Å². The maximum absolute atomic E-state index is 12.8. The predicted molar refractivity (Wildman–Crippen MR) is 142 cm³/mol. The number of allylic oxidation sites excluding steroid dienone is 1. The number of nitrogens with one attached hydrogen (secondary N) is 2. The van der Waals surface area contributed by atoms with Crippen molar-refractivity contribution in [2.24, 2.45) is 17.6 Å². The smallest absolute Gasteiger partial charge is 0.271 e. The van der Waals surface area contributed by atoms with Crippen LogP contribution >= 0.6 is 0 Å². The Labute approximate surface area is 204 Å². The van der Waals surface area contributed by atoms with Crippen LogP contribution in [0.5, 0.6) is 0 Å². The lowest BCUT2D eigenvalue weighted by Crippen LogP contribution is -2.23. The second kappa shape index (κ2) is 9.92. The van der Waals surface area contributed by atoms with Crippen molar-refractivity contribution in [1.29, 1.82) is 0 Å². The molecule has 1 atom stereocenters. The zero-order chi connectivity index (χ0) is 24.5. The van der Waals surface area contributed by atoms with Crippen molar-refractivity contribution in [2.45, 2.75) is 64.4 Å². The van der Waals surface area contributed by atoms with Gasteiger partial charge in [-0.3, -0.25) is 9.89 Å². The number of H-pyrrole nitrogens is 1. The van der Waals surface area contributed by atoms with E-state index < -0.39 is 8.07 Å². The van der Waals surface area contributed by atoms with Gasteiger partial charge in [0.1, 0.15) is 0 Å². The van der Waals surface area contributed by atoms with Gasteiger partial charge in [-0.15, -0.1) is 0 Å². The summed E-state index contributed by atoms with van der Waals surface area (Å²) in [6.07, 6.45) is 6.28. The summed E-state index contributed by atoms with van der Waals surface area (Å²) in [5.41, 5.74) is 12.3. The van der Waals surface area contributed by atoms with E-state index in [1.54, 1.807) is 6.08 Å². The fourth-order valence-electron chi connectivity index (χ4n) is 4.35. The molecule has 1 unspecified atom stereocenters. The van der Waals surface area contributed by atoms with Gasteiger partial charge < -0.3 is 15.8 Å². The number of amides is 1. The molecule has 34 heavy (non-hydrogen) atoms. The highest BCUT2D eigenvalue weighted by Gasteiger charge is 2.39. The van der Waals surface area contributed by atoms with Crippen LogP contribution in [0.2, 0.25) is 25.7 Å². The first kappa shape index (κ1) is 24.5. The number of rotatable bonds is 11. The Kier molecular flexibility index (Phi) is 7.14. The number of aromatic nitrogens is 2. The van der Waals surface area contributed by atoms with E-state index in [2.05, 4.69) is 48.7 Å². The number of benzene rings is 1. The van der Waals surface area contributed by atoms with Gasteiger partial charge in [0.25, 0.3) is 5.91 Å². The molecule has 2 saturated carbocycles. The lowest BCUT2D eigenvalue weighted by atomic mass is 10.00. The summed E-state index contributed by atoms with van der Waals surface area (Å²) in [4.78, 5) is 12.8. The summed E-state index contributed by atoms with van der Waals surface area (Å²) < 4.78 is 6.15. The minimum atomic E-state index is -1.16. The van der Waals surface area contributed by atoms with Gasteiger partial charge in [0.2, 0.25) is 0 Å². The number of nitrogens with zero attached hydrogens (tertiary/aromatic N) is 1. The molecule has 2 aliphatic carbocycles. The van der Waals surface area contributed by atoms with E-state index in [9.17, 15) is 4.79 Å². The van der Waals surface area contributed by atoms with Gasteiger partial charge in [0.15, 0.2) is 0 Å². The Morgan fingerprint density at radius 2 is 1.85 bits per heavy atom. The van der Waals surface area contributed by atoms with Crippen molar-refractivity contribution in [3.63, 3.8) is 0 Å². The number of anilines is 1. The number of aromatic amines is 1. The normalized spacial score (nSPS) is 16.7. The molecular weight excluding hydrogens is 440 g/mol. The van der Waals surface area contributed by atoms with Gasteiger partial charge in [-0.05, 0) is 79.8 Å². The van der Waals surface area contributed by atoms with Crippen LogP contribution in [0.3, 0.4) is 0 Å². The van der Waals surface area contributed by atoms with E-state index in [0.29, 0.717) is 17.5 Å². The van der Waals surface area contributed by atoms with Crippen molar-refractivity contribution in [2.75, 3.05) is 11.9 Å². The molecule has 1 aromatic heterocycles. The zero-order valence-electron chi connectivity index (χ0n) is 20.9. The van der Waals surface area contributed by atoms with E-state index in [-0.39, 0.29) is 12.0 Å². The van der Waals surface area contributed by atoms with Crippen LogP contribution in [0.1, 0.15) is 50.1 Å². The highest BCUT2D eigenvalue weighted by atomic mass is 28.3. The van der Waals surface area contributed by atoms with Gasteiger partial charge >= 0.3 is 0 Å². The van der Waals surface area contributed by atoms with Crippen LogP contribution < -0.4 is 11.1 Å². The molecule has 1 heterocycles. The fraction of sp³-hybridized carbons (Fsp3) is 0.481. The molecule has 0 saturated heterocycles. The molecule has 1 amide bonds. The maximum atomic E-state index is 12.8. The zero-order valence-corrected chi connectivity index (χ0v) is 21.9. The molecule has 1 aromatic carbocycles. The molecule has 4 N–H and O–H groups in total. The summed E-state index contributed by atoms with van der Waals surface area (Å²) in [7, 11) is -1.16. The van der Waals surface area contributed by atoms with Gasteiger partial charge in [-0.2, -0.15) is 5.10 Å². The average Bonchev–Trinajstić information content (AvgIpc) is 3.73. The SMILES string of the molecule is C=Cc1n[nH]c(C(C)OCC[Si](C)(C)C)c1-c1ccc(NC(=O)C(N)=C(C2CC2)C2CC2)cc1. The van der Waals surface area contributed by atoms with E-state index in [1.807, 2.05) is 24.3 Å². The van der Waals surface area contributed by atoms with Crippen molar-refractivity contribution >= 4 is 25.7 Å². The molecule has 0 aliphatic heterocycles. The summed E-state index contributed by atoms with van der Waals surface area (Å²) in [6, 6.07) is 8.93. The van der Waals surface area contributed by atoms with Crippen LogP contribution in [0.15, 0.2) is 42.1 Å². The second-order valence-electron chi connectivity index (χ2n) is 10.9. The minimum absolute atomic E-state index is 0.111. The highest BCUT2D eigenvalue weighted by Crippen LogP contribution is 2.49. The summed E-state index contributed by atoms with van der Waals surface area (Å²) in [5.74, 6) is 0.849. The van der Waals surface area contributed by atoms with Crippen LogP contribution in [0, 0.1) is 11.8 Å². The number of carbonyl (C=O) groups is 1. The first-order chi connectivity index (χ1) is 16.2. The van der Waals surface area contributed by atoms with Crippen molar-refractivity contribution in [3.8, 4) is 11.1 Å². The summed E-state index contributed by atoms with van der Waals surface area (Å²) >= 11 is 0. The molecule has 0 radical (unpaired) electrons. The van der Waals surface area contributed by atoms with Crippen LogP contribution in [-0.2, 0) is 9.53 Å². The first-order valence-corrected chi connectivity index (χ1v) is 16.1. The summed E-state index contributed by atoms with van der Waals surface area (Å²) in [6.45, 7) is 13.8. The fourth-order valence-corrected chi connectivity index (χ4v) is 5.08. The lowest BCUT2D eigenvalue weighted by molar-refractivity contribution is -0.113. The third kappa shape index (κ3) is 5.88. The van der Waals surface area contributed by atoms with Crippen molar-refractivity contribution in [1.82, 2.24) is 10.2 Å². The molecule has 0 bridgehead atoms. The van der Waals surface area contributed by atoms with Crippen LogP contribution in [0.25, 0.3) is 17.2 Å². The van der Waals surface area contributed by atoms with E-state index in [0.717, 1.165) is 66.5 Å². The van der Waals surface area contributed by atoms with E-state index in [1.165, 1.54) is 5.57 Å². The number of carbonyl (C=O) groups excluding carboxylic acids is 1. The first-order valence-electron chi connectivity index (χ1n) is 12.4. The quantitative estimate of drug-likeness (QED) is 0.268. The standard InChI is InChI=1S/C27H38N4O2Si/c1-6-22-24(26(31-30-22)17(2)33-15-16-34(3,4)5)20-11-13-21(14-12-20)29-27(32)25(28)23(18-7-8-18)19-9-10-19/h6,11-14,17-19H,1,7-10,15-16,28H2,2-5H3,(H,29,32)(H,30,31). The number of ether oxygens (including phenoxy) is 1. The molecule has 4 rings (SSSR count). The topological polar surface area (TPSA) is 93.0 Å². The molecule has 6 nitrogen and oxygen atoms in total. The summed E-state index contributed by atoms with van der Waals surface area (Å²) in [5, 5.41) is 10.6. The highest BCUT2D eigenvalue weighted by molar-refractivity contribution is 6.76. The Morgan fingerprint density at radius 3 is 2.38 bits per heavy atom. The Hall–Kier alpha value is -2.64. The van der Waals surface area contributed by atoms with Gasteiger partial charge in [-0.1, -0.05) is 38.4 Å². The molecule has 0 spiro atoms. The van der Waals surface area contributed by atoms with Crippen LogP contribution in [0.4, 0.5) is 5.69 Å². The molecule has 7 heteroatoms. The Morgan fingerprint density at radius 1 is 1.24 bits per heavy atom. The predicted octanol–water partition coefficient (Wildman–Crippen LogP) is 6.11. The van der Waals surface area contributed by atoms with Gasteiger partial charge in [-0.25, -0.2) is 0 Å². The Balaban J connectivity index is 1.48. The maximum Gasteiger partial charge on any atom is 0.271 e. The van der Waals surface area contributed by atoms with E-state index in [4.69, 9.17) is 10.5 Å². The van der Waals surface area contributed by atoms with Crippen molar-refractivity contribution < 1.29 is 9.53 Å². The Bertz CT molecular complexity index is 1060. The van der Waals surface area contributed by atoms with Gasteiger partial charge in [0.05, 0.1) is 23.2 Å². The van der Waals surface area contributed by atoms with E-state index >= 15 is 0 Å². The third-order valence-electron chi connectivity index (χ3n) is 6.66. The molecule has 182 valence electrons.